The standard InChI is InChI=1S/C11H12FN3O2S/c1-8(9-2-4-10(12)5-3-9)15-18(16,17)11-6-7-13-14-11/h2-8,15H,1H3,(H,13,14). The molecule has 0 aliphatic carbocycles. The third-order valence-corrected chi connectivity index (χ3v) is 3.94. The van der Waals surface area contributed by atoms with E-state index in [9.17, 15) is 12.8 Å². The van der Waals surface area contributed by atoms with Crippen LogP contribution in [-0.4, -0.2) is 18.6 Å². The molecular weight excluding hydrogens is 257 g/mol. The third-order valence-electron chi connectivity index (χ3n) is 2.47. The number of aromatic amines is 1. The van der Waals surface area contributed by atoms with Gasteiger partial charge in [-0.05, 0) is 30.7 Å². The van der Waals surface area contributed by atoms with Crippen molar-refractivity contribution >= 4 is 10.0 Å². The fourth-order valence-electron chi connectivity index (χ4n) is 1.51. The normalized spacial score (nSPS) is 13.4. The number of benzene rings is 1. The molecule has 0 bridgehead atoms. The number of hydrogen-bond acceptors (Lipinski definition) is 3. The van der Waals surface area contributed by atoms with E-state index in [0.29, 0.717) is 5.56 Å². The molecule has 2 rings (SSSR count). The lowest BCUT2D eigenvalue weighted by molar-refractivity contribution is 0.562. The van der Waals surface area contributed by atoms with Gasteiger partial charge in [0.2, 0.25) is 0 Å². The Balaban J connectivity index is 2.17. The molecule has 2 N–H and O–H groups in total. The zero-order valence-electron chi connectivity index (χ0n) is 9.59. The van der Waals surface area contributed by atoms with Crippen LogP contribution >= 0.6 is 0 Å². The summed E-state index contributed by atoms with van der Waals surface area (Å²) in [5, 5.41) is 5.97. The second-order valence-corrected chi connectivity index (χ2v) is 5.50. The topological polar surface area (TPSA) is 74.8 Å². The Morgan fingerprint density at radius 1 is 1.28 bits per heavy atom. The van der Waals surface area contributed by atoms with E-state index in [4.69, 9.17) is 0 Å². The zero-order valence-corrected chi connectivity index (χ0v) is 10.4. The fraction of sp³-hybridized carbons (Fsp3) is 0.182. The Hall–Kier alpha value is -1.73. The average molecular weight is 269 g/mol. The summed E-state index contributed by atoms with van der Waals surface area (Å²) in [7, 11) is -3.64. The van der Waals surface area contributed by atoms with Crippen molar-refractivity contribution in [3.63, 3.8) is 0 Å². The van der Waals surface area contributed by atoms with Gasteiger partial charge in [0.05, 0.1) is 6.20 Å². The fourth-order valence-corrected chi connectivity index (χ4v) is 2.65. The molecular formula is C11H12FN3O2S. The molecule has 1 aromatic heterocycles. The SMILES string of the molecule is CC(NS(=O)(=O)c1ccn[nH]1)c1ccc(F)cc1. The lowest BCUT2D eigenvalue weighted by Gasteiger charge is -2.13. The number of hydrogen-bond donors (Lipinski definition) is 2. The molecule has 0 aliphatic heterocycles. The summed E-state index contributed by atoms with van der Waals surface area (Å²) >= 11 is 0. The number of halogens is 1. The third kappa shape index (κ3) is 2.74. The lowest BCUT2D eigenvalue weighted by atomic mass is 10.1. The molecule has 0 spiro atoms. The molecule has 1 unspecified atom stereocenters. The van der Waals surface area contributed by atoms with Crippen LogP contribution < -0.4 is 4.72 Å². The van der Waals surface area contributed by atoms with E-state index in [2.05, 4.69) is 14.9 Å². The van der Waals surface area contributed by atoms with Crippen LogP contribution in [0.15, 0.2) is 41.6 Å². The Morgan fingerprint density at radius 3 is 2.50 bits per heavy atom. The van der Waals surface area contributed by atoms with Gasteiger partial charge in [0, 0.05) is 6.04 Å². The quantitative estimate of drug-likeness (QED) is 0.885. The minimum Gasteiger partial charge on any atom is -0.266 e. The van der Waals surface area contributed by atoms with E-state index >= 15 is 0 Å². The molecule has 1 aromatic carbocycles. The van der Waals surface area contributed by atoms with Gasteiger partial charge in [-0.2, -0.15) is 5.10 Å². The van der Waals surface area contributed by atoms with Gasteiger partial charge >= 0.3 is 0 Å². The highest BCUT2D eigenvalue weighted by molar-refractivity contribution is 7.89. The molecule has 0 aliphatic rings. The highest BCUT2D eigenvalue weighted by Crippen LogP contribution is 2.15. The van der Waals surface area contributed by atoms with E-state index in [1.807, 2.05) is 0 Å². The van der Waals surface area contributed by atoms with Crippen molar-refractivity contribution in [3.8, 4) is 0 Å². The van der Waals surface area contributed by atoms with Gasteiger partial charge in [0.25, 0.3) is 10.0 Å². The second kappa shape index (κ2) is 4.87. The van der Waals surface area contributed by atoms with Gasteiger partial charge < -0.3 is 0 Å². The number of nitrogens with one attached hydrogen (secondary N) is 2. The molecule has 1 heterocycles. The Bertz CT molecular complexity index is 608. The molecule has 96 valence electrons. The largest absolute Gasteiger partial charge is 0.266 e. The molecule has 18 heavy (non-hydrogen) atoms. The van der Waals surface area contributed by atoms with Crippen LogP contribution in [0.5, 0.6) is 0 Å². The van der Waals surface area contributed by atoms with Crippen molar-refractivity contribution in [2.45, 2.75) is 18.0 Å². The minimum atomic E-state index is -3.64. The molecule has 0 radical (unpaired) electrons. The lowest BCUT2D eigenvalue weighted by Crippen LogP contribution is -2.27. The maximum Gasteiger partial charge on any atom is 0.258 e. The van der Waals surface area contributed by atoms with E-state index in [0.717, 1.165) is 0 Å². The summed E-state index contributed by atoms with van der Waals surface area (Å²) < 4.78 is 39.0. The maximum atomic E-state index is 12.8. The van der Waals surface area contributed by atoms with Crippen molar-refractivity contribution in [2.24, 2.45) is 0 Å². The summed E-state index contributed by atoms with van der Waals surface area (Å²) in [6.45, 7) is 1.68. The number of nitrogens with zero attached hydrogens (tertiary/aromatic N) is 1. The second-order valence-electron chi connectivity index (χ2n) is 3.82. The van der Waals surface area contributed by atoms with E-state index in [-0.39, 0.29) is 10.8 Å². The Morgan fingerprint density at radius 2 is 1.94 bits per heavy atom. The van der Waals surface area contributed by atoms with Gasteiger partial charge in [0.15, 0.2) is 5.03 Å². The number of H-pyrrole nitrogens is 1. The van der Waals surface area contributed by atoms with Crippen LogP contribution in [0.1, 0.15) is 18.5 Å². The highest BCUT2D eigenvalue weighted by atomic mass is 32.2. The molecule has 1 atom stereocenters. The van der Waals surface area contributed by atoms with Gasteiger partial charge in [-0.25, -0.2) is 17.5 Å². The molecule has 0 saturated carbocycles. The summed E-state index contributed by atoms with van der Waals surface area (Å²) in [6, 6.07) is 6.55. The van der Waals surface area contributed by atoms with Crippen LogP contribution in [0.3, 0.4) is 0 Å². The van der Waals surface area contributed by atoms with E-state index in [1.165, 1.54) is 36.5 Å². The first kappa shape index (κ1) is 12.7. The zero-order chi connectivity index (χ0) is 13.2. The van der Waals surface area contributed by atoms with Gasteiger partial charge in [-0.1, -0.05) is 12.1 Å². The molecule has 0 amide bonds. The summed E-state index contributed by atoms with van der Waals surface area (Å²) in [6.07, 6.45) is 1.36. The molecule has 0 saturated heterocycles. The smallest absolute Gasteiger partial charge is 0.258 e. The van der Waals surface area contributed by atoms with Crippen molar-refractivity contribution in [2.75, 3.05) is 0 Å². The molecule has 7 heteroatoms. The number of aromatic nitrogens is 2. The Kier molecular flexibility index (Phi) is 3.44. The van der Waals surface area contributed by atoms with Crippen LogP contribution in [-0.2, 0) is 10.0 Å². The molecule has 2 aromatic rings. The maximum absolute atomic E-state index is 12.8. The number of sulfonamides is 1. The summed E-state index contributed by atoms with van der Waals surface area (Å²) in [5.41, 5.74) is 0.680. The monoisotopic (exact) mass is 269 g/mol. The van der Waals surface area contributed by atoms with Crippen molar-refractivity contribution in [1.82, 2.24) is 14.9 Å². The minimum absolute atomic E-state index is 0.00328. The van der Waals surface area contributed by atoms with Crippen LogP contribution in [0.4, 0.5) is 4.39 Å². The molecule has 0 fully saturated rings. The van der Waals surface area contributed by atoms with Crippen LogP contribution in [0.25, 0.3) is 0 Å². The highest BCUT2D eigenvalue weighted by Gasteiger charge is 2.19. The van der Waals surface area contributed by atoms with Gasteiger partial charge in [-0.15, -0.1) is 0 Å². The predicted molar refractivity (Wildman–Crippen MR) is 63.7 cm³/mol. The predicted octanol–water partition coefficient (Wildman–Crippen LogP) is 1.59. The summed E-state index contributed by atoms with van der Waals surface area (Å²) in [5.74, 6) is -0.359. The first-order valence-electron chi connectivity index (χ1n) is 5.26. The number of rotatable bonds is 4. The van der Waals surface area contributed by atoms with Crippen molar-refractivity contribution in [1.29, 1.82) is 0 Å². The first-order chi connectivity index (χ1) is 8.49. The van der Waals surface area contributed by atoms with Crippen molar-refractivity contribution < 1.29 is 12.8 Å². The van der Waals surface area contributed by atoms with E-state index in [1.54, 1.807) is 6.92 Å². The van der Waals surface area contributed by atoms with Crippen molar-refractivity contribution in [3.05, 3.63) is 47.9 Å². The van der Waals surface area contributed by atoms with E-state index < -0.39 is 16.1 Å². The van der Waals surface area contributed by atoms with Crippen LogP contribution in [0.2, 0.25) is 0 Å². The Labute approximate surface area is 104 Å². The van der Waals surface area contributed by atoms with Gasteiger partial charge in [0.1, 0.15) is 5.82 Å². The van der Waals surface area contributed by atoms with Gasteiger partial charge in [-0.3, -0.25) is 5.10 Å². The average Bonchev–Trinajstić information content (AvgIpc) is 2.83. The van der Waals surface area contributed by atoms with Crippen LogP contribution in [0, 0.1) is 5.82 Å². The molecule has 5 nitrogen and oxygen atoms in total. The first-order valence-corrected chi connectivity index (χ1v) is 6.74. The summed E-state index contributed by atoms with van der Waals surface area (Å²) in [4.78, 5) is 0.